The van der Waals surface area contributed by atoms with Gasteiger partial charge in [-0.05, 0) is 24.3 Å². The molecule has 0 saturated heterocycles. The molecule has 0 saturated carbocycles. The molecule has 14 heavy (non-hydrogen) atoms. The molecule has 0 bridgehead atoms. The summed E-state index contributed by atoms with van der Waals surface area (Å²) in [5.41, 5.74) is 0.489. The van der Waals surface area contributed by atoms with Gasteiger partial charge in [-0.15, -0.1) is 0 Å². The molecule has 0 aromatic heterocycles. The summed E-state index contributed by atoms with van der Waals surface area (Å²) >= 11 is 0. The highest BCUT2D eigenvalue weighted by atomic mass is 32.3. The maximum atomic E-state index is 10.3. The molecule has 0 aliphatic rings. The van der Waals surface area contributed by atoms with Crippen LogP contribution in [0.25, 0.3) is 0 Å². The molecule has 7 heteroatoms. The highest BCUT2D eigenvalue weighted by Gasteiger charge is 2.05. The van der Waals surface area contributed by atoms with Crippen molar-refractivity contribution in [1.82, 2.24) is 0 Å². The first-order valence-electron chi connectivity index (χ1n) is 3.48. The summed E-state index contributed by atoms with van der Waals surface area (Å²) in [5.74, 6) is -0.0380. The van der Waals surface area contributed by atoms with E-state index in [0.717, 1.165) is 0 Å². The average Bonchev–Trinajstić information content (AvgIpc) is 2.06. The van der Waals surface area contributed by atoms with Crippen LogP contribution in [0.15, 0.2) is 24.3 Å². The Kier molecular flexibility index (Phi) is 3.05. The van der Waals surface area contributed by atoms with Gasteiger partial charge in [-0.25, -0.2) is 0 Å². The number of rotatable bonds is 4. The fourth-order valence-electron chi connectivity index (χ4n) is 0.796. The minimum absolute atomic E-state index is 0.0380. The molecule has 2 N–H and O–H groups in total. The van der Waals surface area contributed by atoms with Gasteiger partial charge in [0.25, 0.3) is 0 Å². The van der Waals surface area contributed by atoms with Crippen molar-refractivity contribution in [3.05, 3.63) is 24.3 Å². The maximum absolute atomic E-state index is 10.3. The molecule has 0 heterocycles. The molecule has 1 rings (SSSR count). The predicted molar refractivity (Wildman–Crippen MR) is 48.3 cm³/mol. The Balaban J connectivity index is 2.78. The van der Waals surface area contributed by atoms with E-state index in [2.05, 4.69) is 9.50 Å². The van der Waals surface area contributed by atoms with E-state index >= 15 is 0 Å². The normalized spacial score (nSPS) is 10.6. The van der Waals surface area contributed by atoms with Gasteiger partial charge in [-0.1, -0.05) is 0 Å². The van der Waals surface area contributed by atoms with Crippen LogP contribution < -0.4 is 9.50 Å². The first-order chi connectivity index (χ1) is 6.51. The van der Waals surface area contributed by atoms with E-state index < -0.39 is 10.4 Å². The van der Waals surface area contributed by atoms with Crippen LogP contribution >= 0.6 is 0 Å². The van der Waals surface area contributed by atoms with Crippen molar-refractivity contribution in [2.24, 2.45) is 0 Å². The van der Waals surface area contributed by atoms with E-state index in [4.69, 9.17) is 4.55 Å². The summed E-state index contributed by atoms with van der Waals surface area (Å²) < 4.78 is 33.0. The van der Waals surface area contributed by atoms with Crippen molar-refractivity contribution in [2.75, 3.05) is 5.32 Å². The predicted octanol–water partition coefficient (Wildman–Crippen LogP) is 0.437. The summed E-state index contributed by atoms with van der Waals surface area (Å²) in [5, 5.41) is 2.35. The van der Waals surface area contributed by atoms with Crippen molar-refractivity contribution in [3.8, 4) is 5.75 Å². The van der Waals surface area contributed by atoms with E-state index in [1.807, 2.05) is 0 Å². The summed E-state index contributed by atoms with van der Waals surface area (Å²) in [6.45, 7) is 0. The van der Waals surface area contributed by atoms with Crippen molar-refractivity contribution in [3.63, 3.8) is 0 Å². The smallest absolute Gasteiger partial charge is 0.362 e. The molecule has 0 aliphatic carbocycles. The van der Waals surface area contributed by atoms with E-state index in [0.29, 0.717) is 12.1 Å². The van der Waals surface area contributed by atoms with Gasteiger partial charge >= 0.3 is 10.4 Å². The van der Waals surface area contributed by atoms with Crippen LogP contribution in [0.1, 0.15) is 0 Å². The van der Waals surface area contributed by atoms with Crippen LogP contribution in [0, 0.1) is 0 Å². The summed E-state index contributed by atoms with van der Waals surface area (Å²) in [6.07, 6.45) is 0.485. The zero-order valence-electron chi connectivity index (χ0n) is 6.88. The molecule has 0 unspecified atom stereocenters. The Labute approximate surface area is 80.5 Å². The number of amides is 1. The molecule has 0 fully saturated rings. The Hall–Kier alpha value is -1.60. The van der Waals surface area contributed by atoms with Crippen LogP contribution in [0.5, 0.6) is 5.75 Å². The molecule has 6 nitrogen and oxygen atoms in total. The average molecular weight is 217 g/mol. The number of benzene rings is 1. The van der Waals surface area contributed by atoms with E-state index in [1.165, 1.54) is 24.3 Å². The number of carbonyl (C=O) groups is 1. The molecule has 0 aliphatic heterocycles. The zero-order chi connectivity index (χ0) is 10.6. The SMILES string of the molecule is O=CNc1ccc(OS(=O)(=O)O)cc1. The molecule has 0 spiro atoms. The first kappa shape index (κ1) is 10.5. The monoisotopic (exact) mass is 217 g/mol. The second-order valence-corrected chi connectivity index (χ2v) is 3.32. The summed E-state index contributed by atoms with van der Waals surface area (Å²) in [7, 11) is -4.49. The fraction of sp³-hybridized carbons (Fsp3) is 0. The summed E-state index contributed by atoms with van der Waals surface area (Å²) in [4.78, 5) is 10.0. The quantitative estimate of drug-likeness (QED) is 0.563. The minimum atomic E-state index is -4.49. The topological polar surface area (TPSA) is 92.7 Å². The molecule has 1 amide bonds. The second-order valence-electron chi connectivity index (χ2n) is 2.30. The standard InChI is InChI=1S/C7H7NO5S/c9-5-8-6-1-3-7(4-2-6)13-14(10,11)12/h1-5H,(H,8,9)(H,10,11,12). The van der Waals surface area contributed by atoms with Gasteiger partial charge in [-0.2, -0.15) is 8.42 Å². The Morgan fingerprint density at radius 1 is 1.29 bits per heavy atom. The largest absolute Gasteiger partial charge is 0.446 e. The van der Waals surface area contributed by atoms with Crippen LogP contribution in [-0.4, -0.2) is 19.4 Å². The third-order valence-electron chi connectivity index (χ3n) is 1.28. The van der Waals surface area contributed by atoms with Crippen LogP contribution in [0.3, 0.4) is 0 Å². The van der Waals surface area contributed by atoms with E-state index in [9.17, 15) is 13.2 Å². The van der Waals surface area contributed by atoms with Gasteiger partial charge in [-0.3, -0.25) is 9.35 Å². The highest BCUT2D eigenvalue weighted by Crippen LogP contribution is 2.16. The Morgan fingerprint density at radius 3 is 2.29 bits per heavy atom. The Bertz CT molecular complexity index is 410. The third kappa shape index (κ3) is 3.42. The van der Waals surface area contributed by atoms with Gasteiger partial charge in [0.05, 0.1) is 0 Å². The third-order valence-corrected chi connectivity index (χ3v) is 1.68. The van der Waals surface area contributed by atoms with Crippen molar-refractivity contribution in [1.29, 1.82) is 0 Å². The minimum Gasteiger partial charge on any atom is -0.362 e. The van der Waals surface area contributed by atoms with Crippen LogP contribution in [-0.2, 0) is 15.2 Å². The van der Waals surface area contributed by atoms with Crippen molar-refractivity contribution >= 4 is 22.5 Å². The van der Waals surface area contributed by atoms with Crippen LogP contribution in [0.2, 0.25) is 0 Å². The fourth-order valence-corrected chi connectivity index (χ4v) is 1.15. The lowest BCUT2D eigenvalue weighted by molar-refractivity contribution is -0.105. The molecule has 76 valence electrons. The zero-order valence-corrected chi connectivity index (χ0v) is 7.69. The van der Waals surface area contributed by atoms with Crippen molar-refractivity contribution in [2.45, 2.75) is 0 Å². The lowest BCUT2D eigenvalue weighted by Gasteiger charge is -2.02. The lowest BCUT2D eigenvalue weighted by atomic mass is 10.3. The van der Waals surface area contributed by atoms with Gasteiger partial charge in [0.1, 0.15) is 5.75 Å². The number of hydrogen-bond donors (Lipinski definition) is 2. The molecule has 1 aromatic carbocycles. The number of nitrogens with one attached hydrogen (secondary N) is 1. The van der Waals surface area contributed by atoms with E-state index in [-0.39, 0.29) is 5.75 Å². The summed E-state index contributed by atoms with van der Waals surface area (Å²) in [6, 6.07) is 5.43. The molecule has 0 atom stereocenters. The first-order valence-corrected chi connectivity index (χ1v) is 4.85. The highest BCUT2D eigenvalue weighted by molar-refractivity contribution is 7.81. The van der Waals surface area contributed by atoms with Gasteiger partial charge < -0.3 is 9.50 Å². The number of anilines is 1. The van der Waals surface area contributed by atoms with E-state index in [1.54, 1.807) is 0 Å². The van der Waals surface area contributed by atoms with Gasteiger partial charge in [0, 0.05) is 5.69 Å². The molecule has 0 radical (unpaired) electrons. The van der Waals surface area contributed by atoms with Crippen LogP contribution in [0.4, 0.5) is 5.69 Å². The molecular weight excluding hydrogens is 210 g/mol. The van der Waals surface area contributed by atoms with Gasteiger partial charge in [0.2, 0.25) is 6.41 Å². The second kappa shape index (κ2) is 4.07. The molecule has 1 aromatic rings. The number of hydrogen-bond acceptors (Lipinski definition) is 4. The Morgan fingerprint density at radius 2 is 1.86 bits per heavy atom. The lowest BCUT2D eigenvalue weighted by Crippen LogP contribution is -2.06. The maximum Gasteiger partial charge on any atom is 0.446 e. The number of carbonyl (C=O) groups excluding carboxylic acids is 1. The van der Waals surface area contributed by atoms with Crippen molar-refractivity contribution < 1.29 is 21.9 Å². The van der Waals surface area contributed by atoms with Gasteiger partial charge in [0.15, 0.2) is 0 Å². The molecular formula is C7H7NO5S.